The van der Waals surface area contributed by atoms with Crippen LogP contribution in [-0.4, -0.2) is 60.3 Å². The van der Waals surface area contributed by atoms with Crippen LogP contribution in [-0.2, 0) is 11.3 Å². The number of nitro groups is 1. The molecule has 0 atom stereocenters. The van der Waals surface area contributed by atoms with E-state index in [1.54, 1.807) is 12.1 Å². The maximum atomic E-state index is 13.5. The summed E-state index contributed by atoms with van der Waals surface area (Å²) in [4.78, 5) is 39.0. The summed E-state index contributed by atoms with van der Waals surface area (Å²) in [6.07, 6.45) is 0. The number of nitrogens with zero attached hydrogens (tertiary/aromatic N) is 3. The molecule has 0 aliphatic carbocycles. The van der Waals surface area contributed by atoms with Crippen LogP contribution >= 0.6 is 11.6 Å². The number of nitro benzene ring substituents is 1. The lowest BCUT2D eigenvalue weighted by molar-refractivity contribution is -0.385. The van der Waals surface area contributed by atoms with Crippen molar-refractivity contribution >= 4 is 29.1 Å². The zero-order valence-corrected chi connectivity index (χ0v) is 17.4. The molecule has 0 heterocycles. The highest BCUT2D eigenvalue weighted by atomic mass is 35.5. The third-order valence-electron chi connectivity index (χ3n) is 4.25. The molecule has 2 aromatic rings. The molecular formula is C20H22ClFN4O4. The van der Waals surface area contributed by atoms with Crippen LogP contribution in [0.15, 0.2) is 42.5 Å². The number of benzene rings is 2. The molecule has 0 radical (unpaired) electrons. The van der Waals surface area contributed by atoms with E-state index in [9.17, 15) is 24.1 Å². The molecule has 10 heteroatoms. The lowest BCUT2D eigenvalue weighted by atomic mass is 10.1. The van der Waals surface area contributed by atoms with Crippen molar-refractivity contribution < 1.29 is 18.9 Å². The molecule has 30 heavy (non-hydrogen) atoms. The van der Waals surface area contributed by atoms with Gasteiger partial charge in [0.15, 0.2) is 0 Å². The Hall–Kier alpha value is -3.04. The second-order valence-electron chi connectivity index (χ2n) is 6.82. The van der Waals surface area contributed by atoms with E-state index in [1.165, 1.54) is 29.2 Å². The summed E-state index contributed by atoms with van der Waals surface area (Å²) < 4.78 is 13.5. The van der Waals surface area contributed by atoms with Crippen molar-refractivity contribution in [3.8, 4) is 0 Å². The Kier molecular flexibility index (Phi) is 8.25. The minimum atomic E-state index is -0.820. The highest BCUT2D eigenvalue weighted by Gasteiger charge is 2.24. The third kappa shape index (κ3) is 6.50. The van der Waals surface area contributed by atoms with Gasteiger partial charge in [0.25, 0.3) is 11.6 Å². The number of hydrogen-bond donors (Lipinski definition) is 1. The van der Waals surface area contributed by atoms with Crippen LogP contribution in [0.1, 0.15) is 15.9 Å². The maximum absolute atomic E-state index is 13.5. The van der Waals surface area contributed by atoms with Gasteiger partial charge in [-0.05, 0) is 37.9 Å². The van der Waals surface area contributed by atoms with Crippen molar-refractivity contribution in [1.29, 1.82) is 0 Å². The molecule has 0 aromatic heterocycles. The smallest absolute Gasteiger partial charge is 0.283 e. The van der Waals surface area contributed by atoms with E-state index in [1.807, 2.05) is 19.0 Å². The molecule has 0 bridgehead atoms. The van der Waals surface area contributed by atoms with Crippen molar-refractivity contribution in [3.63, 3.8) is 0 Å². The maximum Gasteiger partial charge on any atom is 0.283 e. The molecule has 8 nitrogen and oxygen atoms in total. The van der Waals surface area contributed by atoms with Crippen LogP contribution in [0, 0.1) is 15.9 Å². The summed E-state index contributed by atoms with van der Waals surface area (Å²) >= 11 is 5.95. The number of likely N-dealkylation sites (N-methyl/N-ethyl adjacent to an activating group) is 1. The molecule has 2 aromatic carbocycles. The Bertz CT molecular complexity index is 939. The predicted molar refractivity (Wildman–Crippen MR) is 111 cm³/mol. The van der Waals surface area contributed by atoms with Crippen LogP contribution < -0.4 is 5.32 Å². The fraction of sp³-hybridized carbons (Fsp3) is 0.300. The van der Waals surface area contributed by atoms with E-state index < -0.39 is 28.2 Å². The lowest BCUT2D eigenvalue weighted by Gasteiger charge is -2.25. The van der Waals surface area contributed by atoms with Crippen LogP contribution in [0.25, 0.3) is 0 Å². The summed E-state index contributed by atoms with van der Waals surface area (Å²) in [6.45, 7) is 0.686. The summed E-state index contributed by atoms with van der Waals surface area (Å²) in [5.74, 6) is -1.64. The third-order valence-corrected chi connectivity index (χ3v) is 4.56. The van der Waals surface area contributed by atoms with E-state index in [0.717, 1.165) is 6.07 Å². The highest BCUT2D eigenvalue weighted by Crippen LogP contribution is 2.25. The van der Waals surface area contributed by atoms with Crippen molar-refractivity contribution in [1.82, 2.24) is 15.1 Å². The summed E-state index contributed by atoms with van der Waals surface area (Å²) in [5, 5.41) is 13.5. The standard InChI is InChI=1S/C20H22ClFN4O4/c1-24(2)9-10-25(13-14-5-3-6-15(22)11-14)18(27)12-23-20(28)19-16(21)7-4-8-17(19)26(29)30/h3-8,11H,9-10,12-13H2,1-2H3,(H,23,28). The first-order valence-electron chi connectivity index (χ1n) is 9.07. The lowest BCUT2D eigenvalue weighted by Crippen LogP contribution is -2.42. The number of nitrogens with one attached hydrogen (secondary N) is 1. The number of rotatable bonds is 9. The molecule has 160 valence electrons. The molecule has 0 saturated heterocycles. The van der Waals surface area contributed by atoms with Gasteiger partial charge >= 0.3 is 0 Å². The first-order valence-corrected chi connectivity index (χ1v) is 9.45. The average molecular weight is 437 g/mol. The molecule has 0 fully saturated rings. The summed E-state index contributed by atoms with van der Waals surface area (Å²) in [5.41, 5.74) is -0.145. The summed E-state index contributed by atoms with van der Waals surface area (Å²) in [7, 11) is 3.70. The minimum Gasteiger partial charge on any atom is -0.343 e. The predicted octanol–water partition coefficient (Wildman–Crippen LogP) is 2.71. The Morgan fingerprint density at radius 1 is 1.17 bits per heavy atom. The van der Waals surface area contributed by atoms with Crippen LogP contribution in [0.5, 0.6) is 0 Å². The first-order chi connectivity index (χ1) is 14.2. The molecule has 0 aliphatic heterocycles. The molecule has 1 N–H and O–H groups in total. The highest BCUT2D eigenvalue weighted by molar-refractivity contribution is 6.34. The van der Waals surface area contributed by atoms with E-state index >= 15 is 0 Å². The Labute approximate surface area is 178 Å². The van der Waals surface area contributed by atoms with Gasteiger partial charge in [-0.2, -0.15) is 0 Å². The van der Waals surface area contributed by atoms with Crippen LogP contribution in [0.2, 0.25) is 5.02 Å². The quantitative estimate of drug-likeness (QED) is 0.481. The van der Waals surface area contributed by atoms with Gasteiger partial charge < -0.3 is 15.1 Å². The fourth-order valence-electron chi connectivity index (χ4n) is 2.71. The average Bonchev–Trinajstić information content (AvgIpc) is 2.68. The van der Waals surface area contributed by atoms with Crippen molar-refractivity contribution in [2.75, 3.05) is 33.7 Å². The number of carbonyl (C=O) groups excluding carboxylic acids is 2. The zero-order chi connectivity index (χ0) is 22.3. The summed E-state index contributed by atoms with van der Waals surface area (Å²) in [6, 6.07) is 9.79. The van der Waals surface area contributed by atoms with Gasteiger partial charge in [-0.3, -0.25) is 19.7 Å². The topological polar surface area (TPSA) is 95.8 Å². The number of halogens is 2. The van der Waals surface area contributed by atoms with Gasteiger partial charge in [-0.25, -0.2) is 4.39 Å². The fourth-order valence-corrected chi connectivity index (χ4v) is 2.97. The molecule has 0 aliphatic rings. The minimum absolute atomic E-state index is 0.0848. The molecule has 0 spiro atoms. The SMILES string of the molecule is CN(C)CCN(Cc1cccc(F)c1)C(=O)CNC(=O)c1c(Cl)cccc1[N+](=O)[O-]. The van der Waals surface area contributed by atoms with E-state index in [0.29, 0.717) is 18.7 Å². The molecule has 2 amide bonds. The van der Waals surface area contributed by atoms with Gasteiger partial charge in [-0.1, -0.05) is 29.8 Å². The van der Waals surface area contributed by atoms with E-state index in [-0.39, 0.29) is 23.7 Å². The molecule has 0 saturated carbocycles. The van der Waals surface area contributed by atoms with Gasteiger partial charge in [0.05, 0.1) is 16.5 Å². The Morgan fingerprint density at radius 2 is 1.87 bits per heavy atom. The monoisotopic (exact) mass is 436 g/mol. The van der Waals surface area contributed by atoms with Crippen LogP contribution in [0.3, 0.4) is 0 Å². The molecule has 0 unspecified atom stereocenters. The zero-order valence-electron chi connectivity index (χ0n) is 16.6. The molecular weight excluding hydrogens is 415 g/mol. The largest absolute Gasteiger partial charge is 0.343 e. The van der Waals surface area contributed by atoms with Gasteiger partial charge in [0, 0.05) is 25.7 Å². The van der Waals surface area contributed by atoms with Crippen molar-refractivity contribution in [2.45, 2.75) is 6.54 Å². The normalized spacial score (nSPS) is 10.7. The van der Waals surface area contributed by atoms with Gasteiger partial charge in [-0.15, -0.1) is 0 Å². The Morgan fingerprint density at radius 3 is 2.50 bits per heavy atom. The van der Waals surface area contributed by atoms with E-state index in [4.69, 9.17) is 11.6 Å². The van der Waals surface area contributed by atoms with Crippen molar-refractivity contribution in [2.24, 2.45) is 0 Å². The Balaban J connectivity index is 2.11. The van der Waals surface area contributed by atoms with Gasteiger partial charge in [0.1, 0.15) is 11.4 Å². The van der Waals surface area contributed by atoms with Crippen LogP contribution in [0.4, 0.5) is 10.1 Å². The number of carbonyl (C=O) groups is 2. The second-order valence-corrected chi connectivity index (χ2v) is 7.23. The first kappa shape index (κ1) is 23.2. The van der Waals surface area contributed by atoms with Gasteiger partial charge in [0.2, 0.25) is 5.91 Å². The number of hydrogen-bond acceptors (Lipinski definition) is 5. The van der Waals surface area contributed by atoms with E-state index in [2.05, 4.69) is 5.32 Å². The molecule has 2 rings (SSSR count). The number of amides is 2. The van der Waals surface area contributed by atoms with Crippen molar-refractivity contribution in [3.05, 3.63) is 74.5 Å². The second kappa shape index (κ2) is 10.7.